The van der Waals surface area contributed by atoms with Gasteiger partial charge >= 0.3 is 6.03 Å². The number of rotatable bonds is 5. The van der Waals surface area contributed by atoms with Gasteiger partial charge in [0.1, 0.15) is 16.7 Å². The molecule has 1 heterocycles. The minimum absolute atomic E-state index is 0.00974. The number of carbonyl (C=O) groups excluding carboxylic acids is 1. The van der Waals surface area contributed by atoms with Crippen LogP contribution in [0.15, 0.2) is 23.1 Å². The van der Waals surface area contributed by atoms with E-state index in [0.29, 0.717) is 5.56 Å². The summed E-state index contributed by atoms with van der Waals surface area (Å²) in [5.74, 6) is 6.26. The summed E-state index contributed by atoms with van der Waals surface area (Å²) in [6, 6.07) is 3.97. The number of hydrogen-bond acceptors (Lipinski definition) is 5. The van der Waals surface area contributed by atoms with Gasteiger partial charge in [-0.2, -0.15) is 4.31 Å². The minimum atomic E-state index is -3.91. The van der Waals surface area contributed by atoms with E-state index in [-0.39, 0.29) is 54.3 Å². The van der Waals surface area contributed by atoms with Gasteiger partial charge in [0, 0.05) is 43.1 Å². The van der Waals surface area contributed by atoms with Crippen LogP contribution in [0.1, 0.15) is 47.1 Å². The van der Waals surface area contributed by atoms with Gasteiger partial charge in [-0.25, -0.2) is 13.2 Å². The van der Waals surface area contributed by atoms with Crippen LogP contribution in [-0.2, 0) is 10.0 Å². The Balaban J connectivity index is 2.53. The second-order valence-corrected chi connectivity index (χ2v) is 11.2. The average molecular weight is 480 g/mol. The Morgan fingerprint density at radius 3 is 2.55 bits per heavy atom. The van der Waals surface area contributed by atoms with Crippen molar-refractivity contribution in [2.75, 3.05) is 26.7 Å². The number of ether oxygens (including phenoxy) is 1. The molecule has 2 amide bonds. The van der Waals surface area contributed by atoms with Crippen LogP contribution in [0.4, 0.5) is 4.79 Å². The summed E-state index contributed by atoms with van der Waals surface area (Å²) < 4.78 is 34.5. The average Bonchev–Trinajstić information content (AvgIpc) is 2.73. The molecule has 1 aliphatic rings. The molecule has 0 saturated carbocycles. The molecule has 0 aliphatic carbocycles. The number of benzene rings is 1. The van der Waals surface area contributed by atoms with Gasteiger partial charge in [0.05, 0.1) is 13.2 Å². The van der Waals surface area contributed by atoms with Crippen LogP contribution in [0.3, 0.4) is 0 Å². The van der Waals surface area contributed by atoms with Crippen molar-refractivity contribution in [2.45, 2.75) is 64.6 Å². The summed E-state index contributed by atoms with van der Waals surface area (Å²) in [7, 11) is -2.23. The summed E-state index contributed by atoms with van der Waals surface area (Å²) in [6.45, 7) is 11.4. The van der Waals surface area contributed by atoms with Crippen molar-refractivity contribution in [3.05, 3.63) is 23.8 Å². The van der Waals surface area contributed by atoms with Crippen molar-refractivity contribution in [3.63, 3.8) is 0 Å². The largest absolute Gasteiger partial charge is 0.487 e. The van der Waals surface area contributed by atoms with E-state index < -0.39 is 22.2 Å². The van der Waals surface area contributed by atoms with Crippen LogP contribution in [0.2, 0.25) is 0 Å². The molecule has 0 aromatic heterocycles. The third kappa shape index (κ3) is 6.85. The standard InChI is InChI=1S/C24H37N3O5S/c1-16(2)8-9-20-10-11-23-21(12-20)32-22(14-26(7)24(29)25-17(3)4)18(5)13-27(19(6)15-28)33(23,30)31/h10-12,16-19,22,28H,13-15H2,1-7H3,(H,25,29)/t18-,19+,22+/m0/s1. The molecule has 1 aromatic rings. The van der Waals surface area contributed by atoms with Gasteiger partial charge in [0.15, 0.2) is 0 Å². The first kappa shape index (κ1) is 27.0. The molecule has 2 N–H and O–H groups in total. The van der Waals surface area contributed by atoms with E-state index in [1.54, 1.807) is 31.0 Å². The molecule has 8 nitrogen and oxygen atoms in total. The van der Waals surface area contributed by atoms with Crippen molar-refractivity contribution >= 4 is 16.1 Å². The maximum atomic E-state index is 13.5. The number of fused-ring (bicyclic) bond motifs is 1. The number of aliphatic hydroxyl groups excluding tert-OH is 1. The Morgan fingerprint density at radius 2 is 1.97 bits per heavy atom. The van der Waals surface area contributed by atoms with Crippen LogP contribution >= 0.6 is 0 Å². The van der Waals surface area contributed by atoms with Crippen molar-refractivity contribution < 1.29 is 23.1 Å². The monoisotopic (exact) mass is 479 g/mol. The number of urea groups is 1. The van der Waals surface area contributed by atoms with Gasteiger partial charge in [0.2, 0.25) is 10.0 Å². The Labute approximate surface area is 198 Å². The second kappa shape index (κ2) is 11.2. The van der Waals surface area contributed by atoms with E-state index in [4.69, 9.17) is 4.74 Å². The predicted octanol–water partition coefficient (Wildman–Crippen LogP) is 2.51. The molecule has 33 heavy (non-hydrogen) atoms. The maximum Gasteiger partial charge on any atom is 0.317 e. The van der Waals surface area contributed by atoms with Crippen molar-refractivity contribution in [1.82, 2.24) is 14.5 Å². The summed E-state index contributed by atoms with van der Waals surface area (Å²) in [6.07, 6.45) is -0.469. The summed E-state index contributed by atoms with van der Waals surface area (Å²) >= 11 is 0. The van der Waals surface area contributed by atoms with Gasteiger partial charge < -0.3 is 20.1 Å². The highest BCUT2D eigenvalue weighted by Crippen LogP contribution is 2.34. The number of aliphatic hydroxyl groups is 1. The van der Waals surface area contributed by atoms with Gasteiger partial charge in [-0.15, -0.1) is 0 Å². The molecule has 0 spiro atoms. The Morgan fingerprint density at radius 1 is 1.30 bits per heavy atom. The van der Waals surface area contributed by atoms with E-state index in [1.807, 2.05) is 34.6 Å². The molecule has 1 aromatic carbocycles. The van der Waals surface area contributed by atoms with E-state index in [1.165, 1.54) is 10.4 Å². The lowest BCUT2D eigenvalue weighted by atomic mass is 10.0. The number of nitrogens with zero attached hydrogens (tertiary/aromatic N) is 2. The number of carbonyl (C=O) groups is 1. The van der Waals surface area contributed by atoms with E-state index in [9.17, 15) is 18.3 Å². The molecule has 0 radical (unpaired) electrons. The third-order valence-corrected chi connectivity index (χ3v) is 7.40. The molecule has 0 unspecified atom stereocenters. The zero-order valence-electron chi connectivity index (χ0n) is 20.6. The lowest BCUT2D eigenvalue weighted by Crippen LogP contribution is -2.51. The normalized spacial score (nSPS) is 21.2. The summed E-state index contributed by atoms with van der Waals surface area (Å²) in [5.41, 5.74) is 0.650. The fourth-order valence-corrected chi connectivity index (χ4v) is 5.28. The topological polar surface area (TPSA) is 99.2 Å². The number of sulfonamides is 1. The van der Waals surface area contributed by atoms with Gasteiger partial charge in [0.25, 0.3) is 0 Å². The fourth-order valence-electron chi connectivity index (χ4n) is 3.46. The summed E-state index contributed by atoms with van der Waals surface area (Å²) in [4.78, 5) is 14.0. The van der Waals surface area contributed by atoms with Gasteiger partial charge in [-0.3, -0.25) is 0 Å². The zero-order chi connectivity index (χ0) is 24.9. The quantitative estimate of drug-likeness (QED) is 0.633. The molecule has 9 heteroatoms. The SMILES string of the molecule is CC(C)C#Cc1ccc2c(c1)O[C@H](CN(C)C(=O)NC(C)C)[C@@H](C)CN([C@H](C)CO)S2(=O)=O. The van der Waals surface area contributed by atoms with E-state index in [2.05, 4.69) is 17.2 Å². The first-order valence-electron chi connectivity index (χ1n) is 11.3. The minimum Gasteiger partial charge on any atom is -0.487 e. The van der Waals surface area contributed by atoms with E-state index >= 15 is 0 Å². The molecule has 0 saturated heterocycles. The number of amides is 2. The van der Waals surface area contributed by atoms with Crippen LogP contribution in [0, 0.1) is 23.7 Å². The van der Waals surface area contributed by atoms with Crippen molar-refractivity contribution in [3.8, 4) is 17.6 Å². The predicted molar refractivity (Wildman–Crippen MR) is 128 cm³/mol. The zero-order valence-corrected chi connectivity index (χ0v) is 21.4. The van der Waals surface area contributed by atoms with Crippen LogP contribution < -0.4 is 10.1 Å². The number of hydrogen-bond donors (Lipinski definition) is 2. The molecule has 3 atom stereocenters. The molecular weight excluding hydrogens is 442 g/mol. The third-order valence-electron chi connectivity index (χ3n) is 5.38. The number of nitrogens with one attached hydrogen (secondary N) is 1. The van der Waals surface area contributed by atoms with Crippen LogP contribution in [0.5, 0.6) is 5.75 Å². The van der Waals surface area contributed by atoms with Crippen molar-refractivity contribution in [1.29, 1.82) is 0 Å². The highest BCUT2D eigenvalue weighted by Gasteiger charge is 2.38. The Bertz CT molecular complexity index is 997. The lowest BCUT2D eigenvalue weighted by molar-refractivity contribution is 0.0809. The number of likely N-dealkylation sites (N-methyl/N-ethyl adjacent to an activating group) is 1. The molecule has 1 aliphatic heterocycles. The van der Waals surface area contributed by atoms with Crippen molar-refractivity contribution in [2.24, 2.45) is 11.8 Å². The smallest absolute Gasteiger partial charge is 0.317 e. The van der Waals surface area contributed by atoms with Gasteiger partial charge in [-0.05, 0) is 39.0 Å². The second-order valence-electron chi connectivity index (χ2n) is 9.31. The summed E-state index contributed by atoms with van der Waals surface area (Å²) in [5, 5.41) is 12.6. The molecule has 0 fully saturated rings. The van der Waals surface area contributed by atoms with Gasteiger partial charge in [-0.1, -0.05) is 32.6 Å². The molecular formula is C24H37N3O5S. The Hall–Kier alpha value is -2.28. The molecule has 0 bridgehead atoms. The van der Waals surface area contributed by atoms with Crippen LogP contribution in [0.25, 0.3) is 0 Å². The molecule has 2 rings (SSSR count). The highest BCUT2D eigenvalue weighted by molar-refractivity contribution is 7.89. The first-order valence-corrected chi connectivity index (χ1v) is 12.8. The maximum absolute atomic E-state index is 13.5. The molecule has 184 valence electrons. The first-order chi connectivity index (χ1) is 15.4. The van der Waals surface area contributed by atoms with Crippen LogP contribution in [-0.4, -0.2) is 73.7 Å². The highest BCUT2D eigenvalue weighted by atomic mass is 32.2. The van der Waals surface area contributed by atoms with E-state index in [0.717, 1.165) is 0 Å². The lowest BCUT2D eigenvalue weighted by Gasteiger charge is -2.37. The fraction of sp³-hybridized carbons (Fsp3) is 0.625. The Kier molecular flexibility index (Phi) is 9.18.